The molecule has 0 fully saturated rings. The van der Waals surface area contributed by atoms with Crippen LogP contribution in [0.3, 0.4) is 0 Å². The van der Waals surface area contributed by atoms with Crippen LogP contribution in [0, 0.1) is 0 Å². The van der Waals surface area contributed by atoms with Gasteiger partial charge in [0.25, 0.3) is 0 Å². The van der Waals surface area contributed by atoms with E-state index in [1.54, 1.807) is 0 Å². The van der Waals surface area contributed by atoms with Crippen LogP contribution in [-0.4, -0.2) is 20.3 Å². The SMILES string of the molecule is CN(C)c1ccc(N=Cc2ccc(N(c3ccccc3)c3ccccc3)cc2)cc1. The molecule has 4 aromatic rings. The van der Waals surface area contributed by atoms with Gasteiger partial charge in [-0.15, -0.1) is 0 Å². The van der Waals surface area contributed by atoms with Crippen LogP contribution in [0.1, 0.15) is 5.56 Å². The average Bonchev–Trinajstić information content (AvgIpc) is 2.80. The fourth-order valence-corrected chi connectivity index (χ4v) is 3.30. The van der Waals surface area contributed by atoms with Gasteiger partial charge in [0.1, 0.15) is 0 Å². The molecule has 3 heteroatoms. The van der Waals surface area contributed by atoms with Crippen molar-refractivity contribution in [3.05, 3.63) is 115 Å². The molecule has 0 bridgehead atoms. The van der Waals surface area contributed by atoms with Gasteiger partial charge in [-0.25, -0.2) is 0 Å². The van der Waals surface area contributed by atoms with Gasteiger partial charge in [-0.1, -0.05) is 48.5 Å². The molecule has 0 spiro atoms. The van der Waals surface area contributed by atoms with Gasteiger partial charge in [-0.05, 0) is 66.2 Å². The molecule has 30 heavy (non-hydrogen) atoms. The number of hydrogen-bond acceptors (Lipinski definition) is 3. The van der Waals surface area contributed by atoms with E-state index in [-0.39, 0.29) is 0 Å². The second-order valence-corrected chi connectivity index (χ2v) is 7.27. The maximum atomic E-state index is 4.61. The Labute approximate surface area is 178 Å². The van der Waals surface area contributed by atoms with Crippen molar-refractivity contribution in [1.82, 2.24) is 0 Å². The second-order valence-electron chi connectivity index (χ2n) is 7.27. The van der Waals surface area contributed by atoms with E-state index < -0.39 is 0 Å². The smallest absolute Gasteiger partial charge is 0.0631 e. The highest BCUT2D eigenvalue weighted by Crippen LogP contribution is 2.33. The number of nitrogens with zero attached hydrogens (tertiary/aromatic N) is 3. The lowest BCUT2D eigenvalue weighted by atomic mass is 10.1. The highest BCUT2D eigenvalue weighted by molar-refractivity contribution is 5.84. The lowest BCUT2D eigenvalue weighted by Crippen LogP contribution is -2.09. The monoisotopic (exact) mass is 391 g/mol. The highest BCUT2D eigenvalue weighted by Gasteiger charge is 2.11. The van der Waals surface area contributed by atoms with Crippen LogP contribution in [0.15, 0.2) is 114 Å². The van der Waals surface area contributed by atoms with Crippen molar-refractivity contribution in [1.29, 1.82) is 0 Å². The normalized spacial score (nSPS) is 10.9. The Morgan fingerprint density at radius 1 is 0.533 bits per heavy atom. The minimum Gasteiger partial charge on any atom is -0.378 e. The van der Waals surface area contributed by atoms with Crippen molar-refractivity contribution in [2.45, 2.75) is 0 Å². The molecule has 4 aromatic carbocycles. The van der Waals surface area contributed by atoms with Gasteiger partial charge in [-0.3, -0.25) is 4.99 Å². The molecule has 0 heterocycles. The summed E-state index contributed by atoms with van der Waals surface area (Å²) in [7, 11) is 4.07. The molecule has 0 unspecified atom stereocenters. The third-order valence-corrected chi connectivity index (χ3v) is 4.91. The summed E-state index contributed by atoms with van der Waals surface area (Å²) in [5.74, 6) is 0. The number of hydrogen-bond donors (Lipinski definition) is 0. The van der Waals surface area contributed by atoms with Gasteiger partial charge in [0.05, 0.1) is 5.69 Å². The van der Waals surface area contributed by atoms with Crippen LogP contribution in [0.4, 0.5) is 28.4 Å². The molecular weight excluding hydrogens is 366 g/mol. The van der Waals surface area contributed by atoms with Gasteiger partial charge in [0.15, 0.2) is 0 Å². The van der Waals surface area contributed by atoms with Crippen molar-refractivity contribution >= 4 is 34.7 Å². The Bertz CT molecular complexity index is 1040. The van der Waals surface area contributed by atoms with Gasteiger partial charge >= 0.3 is 0 Å². The van der Waals surface area contributed by atoms with Crippen LogP contribution in [0.2, 0.25) is 0 Å². The predicted molar refractivity (Wildman–Crippen MR) is 129 cm³/mol. The Kier molecular flexibility index (Phi) is 5.90. The van der Waals surface area contributed by atoms with Crippen LogP contribution >= 0.6 is 0 Å². The topological polar surface area (TPSA) is 18.8 Å². The van der Waals surface area contributed by atoms with E-state index in [0.717, 1.165) is 28.3 Å². The van der Waals surface area contributed by atoms with Gasteiger partial charge in [0, 0.05) is 43.1 Å². The summed E-state index contributed by atoms with van der Waals surface area (Å²) in [5.41, 5.74) is 6.55. The maximum Gasteiger partial charge on any atom is 0.0631 e. The summed E-state index contributed by atoms with van der Waals surface area (Å²) in [6, 6.07) is 37.5. The van der Waals surface area contributed by atoms with E-state index in [9.17, 15) is 0 Å². The Balaban J connectivity index is 1.58. The molecule has 3 nitrogen and oxygen atoms in total. The molecule has 0 saturated heterocycles. The quantitative estimate of drug-likeness (QED) is 0.330. The van der Waals surface area contributed by atoms with Gasteiger partial charge in [0.2, 0.25) is 0 Å². The first-order chi connectivity index (χ1) is 14.7. The molecule has 148 valence electrons. The van der Waals surface area contributed by atoms with E-state index in [1.165, 1.54) is 5.69 Å². The predicted octanol–water partition coefficient (Wildman–Crippen LogP) is 6.97. The summed E-state index contributed by atoms with van der Waals surface area (Å²) in [4.78, 5) is 8.94. The van der Waals surface area contributed by atoms with Crippen molar-refractivity contribution in [3.8, 4) is 0 Å². The van der Waals surface area contributed by atoms with Gasteiger partial charge < -0.3 is 9.80 Å². The molecule has 0 aliphatic heterocycles. The van der Waals surface area contributed by atoms with Gasteiger partial charge in [-0.2, -0.15) is 0 Å². The van der Waals surface area contributed by atoms with Crippen molar-refractivity contribution < 1.29 is 0 Å². The zero-order valence-corrected chi connectivity index (χ0v) is 17.3. The third kappa shape index (κ3) is 4.58. The largest absolute Gasteiger partial charge is 0.378 e. The first-order valence-electron chi connectivity index (χ1n) is 10.0. The zero-order chi connectivity index (χ0) is 20.8. The zero-order valence-electron chi connectivity index (χ0n) is 17.3. The van der Waals surface area contributed by atoms with Crippen molar-refractivity contribution in [3.63, 3.8) is 0 Å². The molecule has 0 amide bonds. The molecule has 0 radical (unpaired) electrons. The van der Waals surface area contributed by atoms with E-state index in [2.05, 4.69) is 99.7 Å². The minimum atomic E-state index is 0.944. The fourth-order valence-electron chi connectivity index (χ4n) is 3.30. The standard InChI is InChI=1S/C27H25N3/c1-29(2)24-19-15-23(16-20-24)28-21-22-13-17-27(18-14-22)30(25-9-5-3-6-10-25)26-11-7-4-8-12-26/h3-21H,1-2H3. The first kappa shape index (κ1) is 19.5. The second kappa shape index (κ2) is 9.10. The van der Waals surface area contributed by atoms with Crippen molar-refractivity contribution in [2.24, 2.45) is 4.99 Å². The van der Waals surface area contributed by atoms with Crippen LogP contribution in [0.5, 0.6) is 0 Å². The Morgan fingerprint density at radius 3 is 1.50 bits per heavy atom. The molecular formula is C27H25N3. The van der Waals surface area contributed by atoms with E-state index in [4.69, 9.17) is 0 Å². The molecule has 0 aliphatic carbocycles. The number of aliphatic imine (C=N–C) groups is 1. The van der Waals surface area contributed by atoms with E-state index in [0.29, 0.717) is 0 Å². The maximum absolute atomic E-state index is 4.61. The van der Waals surface area contributed by atoms with Crippen LogP contribution in [0.25, 0.3) is 0 Å². The lowest BCUT2D eigenvalue weighted by Gasteiger charge is -2.25. The molecule has 0 saturated carbocycles. The number of rotatable bonds is 6. The third-order valence-electron chi connectivity index (χ3n) is 4.91. The average molecular weight is 392 g/mol. The van der Waals surface area contributed by atoms with E-state index in [1.807, 2.05) is 44.6 Å². The molecule has 0 aromatic heterocycles. The van der Waals surface area contributed by atoms with E-state index >= 15 is 0 Å². The molecule has 0 atom stereocenters. The fraction of sp³-hybridized carbons (Fsp3) is 0.0741. The van der Waals surface area contributed by atoms with Crippen LogP contribution < -0.4 is 9.80 Å². The Morgan fingerprint density at radius 2 is 1.00 bits per heavy atom. The number of para-hydroxylation sites is 2. The lowest BCUT2D eigenvalue weighted by molar-refractivity contribution is 1.13. The van der Waals surface area contributed by atoms with Crippen LogP contribution in [-0.2, 0) is 0 Å². The summed E-state index contributed by atoms with van der Waals surface area (Å²) in [5, 5.41) is 0. The molecule has 0 N–H and O–H groups in total. The summed E-state index contributed by atoms with van der Waals surface area (Å²) >= 11 is 0. The minimum absolute atomic E-state index is 0.944. The summed E-state index contributed by atoms with van der Waals surface area (Å²) in [6.45, 7) is 0. The summed E-state index contributed by atoms with van der Waals surface area (Å²) in [6.07, 6.45) is 1.91. The first-order valence-corrected chi connectivity index (χ1v) is 10.0. The Hall–Kier alpha value is -3.85. The summed E-state index contributed by atoms with van der Waals surface area (Å²) < 4.78 is 0. The molecule has 0 aliphatic rings. The number of benzene rings is 4. The number of anilines is 4. The highest BCUT2D eigenvalue weighted by atomic mass is 15.1. The molecule has 4 rings (SSSR count). The van der Waals surface area contributed by atoms with Crippen molar-refractivity contribution in [2.75, 3.05) is 23.9 Å².